The number of ether oxygens (including phenoxy) is 1. The maximum Gasteiger partial charge on any atom is 0.151 e. The van der Waals surface area contributed by atoms with Crippen molar-refractivity contribution in [1.82, 2.24) is 0 Å². The Morgan fingerprint density at radius 2 is 2.00 bits per heavy atom. The lowest BCUT2D eigenvalue weighted by Crippen LogP contribution is -2.12. The Bertz CT molecular complexity index is 383. The molecule has 0 radical (unpaired) electrons. The lowest BCUT2D eigenvalue weighted by atomic mass is 10.1. The molecule has 1 aromatic rings. The SMILES string of the molecule is CC(C)CCOCCNc1cc(F)cc(F)c1N. The minimum absolute atomic E-state index is 0.0708. The largest absolute Gasteiger partial charge is 0.395 e. The van der Waals surface area contributed by atoms with Gasteiger partial charge < -0.3 is 15.8 Å². The van der Waals surface area contributed by atoms with Gasteiger partial charge in [-0.15, -0.1) is 0 Å². The summed E-state index contributed by atoms with van der Waals surface area (Å²) in [6.07, 6.45) is 0.997. The van der Waals surface area contributed by atoms with Crippen molar-refractivity contribution in [3.05, 3.63) is 23.8 Å². The molecule has 3 nitrogen and oxygen atoms in total. The zero-order chi connectivity index (χ0) is 13.5. The van der Waals surface area contributed by atoms with Crippen LogP contribution in [0.15, 0.2) is 12.1 Å². The molecule has 0 aliphatic carbocycles. The van der Waals surface area contributed by atoms with Crippen molar-refractivity contribution < 1.29 is 13.5 Å². The van der Waals surface area contributed by atoms with E-state index in [1.54, 1.807) is 0 Å². The van der Waals surface area contributed by atoms with Gasteiger partial charge in [0.15, 0.2) is 5.82 Å². The molecule has 0 aromatic heterocycles. The molecule has 0 aliphatic rings. The molecule has 0 saturated carbocycles. The van der Waals surface area contributed by atoms with Gasteiger partial charge in [-0.3, -0.25) is 0 Å². The Morgan fingerprint density at radius 1 is 1.28 bits per heavy atom. The first kappa shape index (κ1) is 14.7. The van der Waals surface area contributed by atoms with E-state index in [-0.39, 0.29) is 11.4 Å². The van der Waals surface area contributed by atoms with E-state index < -0.39 is 11.6 Å². The van der Waals surface area contributed by atoms with Crippen molar-refractivity contribution in [2.75, 3.05) is 30.8 Å². The van der Waals surface area contributed by atoms with Gasteiger partial charge in [-0.2, -0.15) is 0 Å². The van der Waals surface area contributed by atoms with Crippen LogP contribution in [-0.4, -0.2) is 19.8 Å². The summed E-state index contributed by atoms with van der Waals surface area (Å²) >= 11 is 0. The van der Waals surface area contributed by atoms with Crippen LogP contribution in [-0.2, 0) is 4.74 Å². The third-order valence-electron chi connectivity index (χ3n) is 2.50. The van der Waals surface area contributed by atoms with E-state index in [1.807, 2.05) is 0 Å². The standard InChI is InChI=1S/C13H20F2N2O/c1-9(2)3-5-18-6-4-17-12-8-10(14)7-11(15)13(12)16/h7-9,17H,3-6,16H2,1-2H3. The highest BCUT2D eigenvalue weighted by atomic mass is 19.1. The molecular formula is C13H20F2N2O. The average molecular weight is 258 g/mol. The van der Waals surface area contributed by atoms with E-state index in [0.717, 1.165) is 12.5 Å². The van der Waals surface area contributed by atoms with Crippen molar-refractivity contribution in [2.45, 2.75) is 20.3 Å². The molecule has 102 valence electrons. The fourth-order valence-corrected chi connectivity index (χ4v) is 1.41. The van der Waals surface area contributed by atoms with E-state index in [4.69, 9.17) is 10.5 Å². The van der Waals surface area contributed by atoms with Crippen LogP contribution in [0.1, 0.15) is 20.3 Å². The van der Waals surface area contributed by atoms with Crippen molar-refractivity contribution in [3.63, 3.8) is 0 Å². The minimum Gasteiger partial charge on any atom is -0.395 e. The maximum absolute atomic E-state index is 13.1. The highest BCUT2D eigenvalue weighted by molar-refractivity contribution is 5.66. The summed E-state index contributed by atoms with van der Waals surface area (Å²) in [5.41, 5.74) is 5.68. The lowest BCUT2D eigenvalue weighted by Gasteiger charge is -2.11. The number of rotatable bonds is 7. The van der Waals surface area contributed by atoms with Gasteiger partial charge in [-0.05, 0) is 18.4 Å². The van der Waals surface area contributed by atoms with Crippen LogP contribution in [0, 0.1) is 17.6 Å². The molecule has 3 N–H and O–H groups in total. The zero-order valence-corrected chi connectivity index (χ0v) is 10.8. The first-order chi connectivity index (χ1) is 8.50. The Balaban J connectivity index is 2.31. The number of benzene rings is 1. The first-order valence-corrected chi connectivity index (χ1v) is 6.07. The average Bonchev–Trinajstić information content (AvgIpc) is 2.29. The Labute approximate surface area is 106 Å². The predicted octanol–water partition coefficient (Wildman–Crippen LogP) is 3.02. The normalized spacial score (nSPS) is 10.9. The Kier molecular flexibility index (Phi) is 5.85. The second-order valence-electron chi connectivity index (χ2n) is 4.57. The second-order valence-corrected chi connectivity index (χ2v) is 4.57. The third kappa shape index (κ3) is 4.87. The number of nitrogens with two attached hydrogens (primary N) is 1. The fourth-order valence-electron chi connectivity index (χ4n) is 1.41. The summed E-state index contributed by atoms with van der Waals surface area (Å²) in [5.74, 6) is -0.797. The van der Waals surface area contributed by atoms with Gasteiger partial charge in [-0.25, -0.2) is 8.78 Å². The van der Waals surface area contributed by atoms with Crippen LogP contribution in [0.25, 0.3) is 0 Å². The highest BCUT2D eigenvalue weighted by Crippen LogP contribution is 2.22. The lowest BCUT2D eigenvalue weighted by molar-refractivity contribution is 0.132. The van der Waals surface area contributed by atoms with Gasteiger partial charge >= 0.3 is 0 Å². The van der Waals surface area contributed by atoms with E-state index >= 15 is 0 Å². The van der Waals surface area contributed by atoms with Crippen LogP contribution in [0.4, 0.5) is 20.2 Å². The topological polar surface area (TPSA) is 47.3 Å². The summed E-state index contributed by atoms with van der Waals surface area (Å²) in [6.45, 7) is 5.87. The number of hydrogen-bond acceptors (Lipinski definition) is 3. The van der Waals surface area contributed by atoms with Crippen LogP contribution in [0.5, 0.6) is 0 Å². The monoisotopic (exact) mass is 258 g/mol. The molecular weight excluding hydrogens is 238 g/mol. The quantitative estimate of drug-likeness (QED) is 0.584. The van der Waals surface area contributed by atoms with Crippen molar-refractivity contribution in [1.29, 1.82) is 0 Å². The van der Waals surface area contributed by atoms with E-state index in [1.165, 1.54) is 6.07 Å². The van der Waals surface area contributed by atoms with Gasteiger partial charge in [0.25, 0.3) is 0 Å². The molecule has 5 heteroatoms. The second kappa shape index (κ2) is 7.16. The third-order valence-corrected chi connectivity index (χ3v) is 2.50. The van der Waals surface area contributed by atoms with Crippen LogP contribution in [0.3, 0.4) is 0 Å². The Hall–Kier alpha value is -1.36. The smallest absolute Gasteiger partial charge is 0.151 e. The molecule has 18 heavy (non-hydrogen) atoms. The molecule has 0 spiro atoms. The van der Waals surface area contributed by atoms with E-state index in [9.17, 15) is 8.78 Å². The van der Waals surface area contributed by atoms with E-state index in [0.29, 0.717) is 25.7 Å². The molecule has 1 aromatic carbocycles. The summed E-state index contributed by atoms with van der Waals surface area (Å²) in [5, 5.41) is 2.85. The van der Waals surface area contributed by atoms with E-state index in [2.05, 4.69) is 19.2 Å². The summed E-state index contributed by atoms with van der Waals surface area (Å²) < 4.78 is 31.5. The van der Waals surface area contributed by atoms with Gasteiger partial charge in [0.2, 0.25) is 0 Å². The van der Waals surface area contributed by atoms with Crippen molar-refractivity contribution >= 4 is 11.4 Å². The molecule has 1 rings (SSSR count). The zero-order valence-electron chi connectivity index (χ0n) is 10.8. The van der Waals surface area contributed by atoms with Gasteiger partial charge in [0.05, 0.1) is 18.0 Å². The molecule has 0 amide bonds. The summed E-state index contributed by atoms with van der Waals surface area (Å²) in [4.78, 5) is 0. The molecule has 0 saturated heterocycles. The fraction of sp³-hybridized carbons (Fsp3) is 0.538. The highest BCUT2D eigenvalue weighted by Gasteiger charge is 2.07. The van der Waals surface area contributed by atoms with Crippen LogP contribution >= 0.6 is 0 Å². The van der Waals surface area contributed by atoms with Crippen LogP contribution in [0.2, 0.25) is 0 Å². The van der Waals surface area contributed by atoms with Crippen molar-refractivity contribution in [3.8, 4) is 0 Å². The molecule has 0 aliphatic heterocycles. The molecule has 0 fully saturated rings. The number of hydrogen-bond donors (Lipinski definition) is 2. The predicted molar refractivity (Wildman–Crippen MR) is 69.5 cm³/mol. The summed E-state index contributed by atoms with van der Waals surface area (Å²) in [7, 11) is 0. The molecule has 0 unspecified atom stereocenters. The maximum atomic E-state index is 13.1. The molecule has 0 atom stereocenters. The number of anilines is 2. The van der Waals surface area contributed by atoms with Crippen LogP contribution < -0.4 is 11.1 Å². The van der Waals surface area contributed by atoms with Crippen molar-refractivity contribution in [2.24, 2.45) is 5.92 Å². The molecule has 0 heterocycles. The number of halogens is 2. The van der Waals surface area contributed by atoms with Gasteiger partial charge in [0.1, 0.15) is 5.82 Å². The van der Waals surface area contributed by atoms with Gasteiger partial charge in [-0.1, -0.05) is 13.8 Å². The number of nitrogen functional groups attached to an aromatic ring is 1. The minimum atomic E-state index is -0.752. The first-order valence-electron chi connectivity index (χ1n) is 6.07. The summed E-state index contributed by atoms with van der Waals surface area (Å²) in [6, 6.07) is 1.94. The molecule has 0 bridgehead atoms. The van der Waals surface area contributed by atoms with Gasteiger partial charge in [0, 0.05) is 19.2 Å². The number of nitrogens with one attached hydrogen (secondary N) is 1. The Morgan fingerprint density at radius 3 is 2.67 bits per heavy atom.